The molecule has 164 valence electrons. The number of nitrogens with one attached hydrogen (secondary N) is 1. The summed E-state index contributed by atoms with van der Waals surface area (Å²) >= 11 is 23.2. The van der Waals surface area contributed by atoms with E-state index in [-0.39, 0.29) is 30.5 Å². The number of rotatable bonds is 4. The fourth-order valence-corrected chi connectivity index (χ4v) is 4.62. The van der Waals surface area contributed by atoms with Gasteiger partial charge in [0.15, 0.2) is 11.4 Å². The van der Waals surface area contributed by atoms with E-state index in [0.29, 0.717) is 0 Å². The fraction of sp³-hybridized carbons (Fsp3) is 0.0625. The zero-order chi connectivity index (χ0) is 23.1. The van der Waals surface area contributed by atoms with Gasteiger partial charge in [0.05, 0.1) is 15.7 Å². The SMILES string of the molecule is O=C(NS(=O)(=O)c1cc(Cl)ccc1Cl)c1nnn(-c2ccc(Cl)cc2Cl)c1C(F)(F)F. The smallest absolute Gasteiger partial charge is 0.266 e. The van der Waals surface area contributed by atoms with Gasteiger partial charge in [-0.25, -0.2) is 17.8 Å². The minimum Gasteiger partial charge on any atom is -0.266 e. The van der Waals surface area contributed by atoms with Crippen molar-refractivity contribution < 1.29 is 26.4 Å². The lowest BCUT2D eigenvalue weighted by Gasteiger charge is -2.13. The fourth-order valence-electron chi connectivity index (χ4n) is 2.42. The summed E-state index contributed by atoms with van der Waals surface area (Å²) < 4.78 is 67.9. The molecule has 0 aliphatic carbocycles. The molecule has 0 aliphatic rings. The average molecular weight is 534 g/mol. The summed E-state index contributed by atoms with van der Waals surface area (Å²) in [5, 5.41) is 6.11. The molecule has 0 unspecified atom stereocenters. The van der Waals surface area contributed by atoms with Crippen LogP contribution in [0.2, 0.25) is 20.1 Å². The Hall–Kier alpha value is -2.05. The van der Waals surface area contributed by atoms with Crippen molar-refractivity contribution in [2.75, 3.05) is 0 Å². The van der Waals surface area contributed by atoms with E-state index >= 15 is 0 Å². The van der Waals surface area contributed by atoms with Crippen molar-refractivity contribution in [2.24, 2.45) is 0 Å². The van der Waals surface area contributed by atoms with E-state index in [1.807, 2.05) is 0 Å². The first-order valence-electron chi connectivity index (χ1n) is 7.82. The van der Waals surface area contributed by atoms with E-state index in [9.17, 15) is 26.4 Å². The first-order valence-corrected chi connectivity index (χ1v) is 10.8. The van der Waals surface area contributed by atoms with Gasteiger partial charge in [-0.05, 0) is 36.4 Å². The van der Waals surface area contributed by atoms with E-state index in [1.54, 1.807) is 0 Å². The number of carbonyl (C=O) groups excluding carboxylic acids is 1. The van der Waals surface area contributed by atoms with E-state index in [1.165, 1.54) is 16.9 Å². The topological polar surface area (TPSA) is 93.9 Å². The van der Waals surface area contributed by atoms with Crippen molar-refractivity contribution >= 4 is 62.3 Å². The predicted molar refractivity (Wildman–Crippen MR) is 107 cm³/mol. The molecule has 0 atom stereocenters. The number of benzene rings is 2. The van der Waals surface area contributed by atoms with Gasteiger partial charge in [0.1, 0.15) is 4.90 Å². The Morgan fingerprint density at radius 1 is 0.968 bits per heavy atom. The van der Waals surface area contributed by atoms with Gasteiger partial charge in [0.25, 0.3) is 15.9 Å². The first kappa shape index (κ1) is 23.6. The van der Waals surface area contributed by atoms with Crippen LogP contribution < -0.4 is 4.72 Å². The summed E-state index contributed by atoms with van der Waals surface area (Å²) in [5.41, 5.74) is -3.24. The minimum atomic E-state index is -5.16. The number of hydrogen-bond acceptors (Lipinski definition) is 5. The number of amides is 1. The number of alkyl halides is 3. The summed E-state index contributed by atoms with van der Waals surface area (Å²) in [6, 6.07) is 6.88. The highest BCUT2D eigenvalue weighted by Crippen LogP contribution is 2.35. The third-order valence-electron chi connectivity index (χ3n) is 3.70. The van der Waals surface area contributed by atoms with Gasteiger partial charge in [0.2, 0.25) is 0 Å². The van der Waals surface area contributed by atoms with Crippen molar-refractivity contribution in [3.05, 3.63) is 67.9 Å². The normalized spacial score (nSPS) is 12.1. The van der Waals surface area contributed by atoms with Crippen LogP contribution in [-0.2, 0) is 16.2 Å². The highest BCUT2D eigenvalue weighted by Gasteiger charge is 2.43. The molecule has 0 radical (unpaired) electrons. The molecule has 0 bridgehead atoms. The molecule has 1 N–H and O–H groups in total. The standard InChI is InChI=1S/C16H7Cl4F3N4O3S/c17-7-2-4-11(10(20)5-7)27-14(16(21,22)23)13(24-26-27)15(28)25-31(29,30)12-6-8(18)1-3-9(12)19/h1-6H,(H,25,28). The minimum absolute atomic E-state index is 0.0310. The number of nitrogens with zero attached hydrogens (tertiary/aromatic N) is 3. The van der Waals surface area contributed by atoms with E-state index in [2.05, 4.69) is 10.3 Å². The van der Waals surface area contributed by atoms with Gasteiger partial charge in [-0.1, -0.05) is 51.6 Å². The highest BCUT2D eigenvalue weighted by molar-refractivity contribution is 7.90. The monoisotopic (exact) mass is 532 g/mol. The lowest BCUT2D eigenvalue weighted by atomic mass is 10.2. The van der Waals surface area contributed by atoms with E-state index < -0.39 is 38.4 Å². The third kappa shape index (κ3) is 4.90. The molecule has 15 heteroatoms. The summed E-state index contributed by atoms with van der Waals surface area (Å²) in [4.78, 5) is 11.8. The first-order chi connectivity index (χ1) is 14.3. The quantitative estimate of drug-likeness (QED) is 0.508. The maximum absolute atomic E-state index is 13.7. The second-order valence-electron chi connectivity index (χ2n) is 5.80. The Morgan fingerprint density at radius 2 is 1.58 bits per heavy atom. The van der Waals surface area contributed by atoms with Gasteiger partial charge in [-0.3, -0.25) is 4.79 Å². The van der Waals surface area contributed by atoms with E-state index in [4.69, 9.17) is 46.4 Å². The number of sulfonamides is 1. The average Bonchev–Trinajstić information content (AvgIpc) is 3.08. The van der Waals surface area contributed by atoms with Crippen molar-refractivity contribution in [1.82, 2.24) is 19.7 Å². The van der Waals surface area contributed by atoms with Crippen molar-refractivity contribution in [1.29, 1.82) is 0 Å². The second kappa shape index (κ2) is 8.47. The van der Waals surface area contributed by atoms with Gasteiger partial charge < -0.3 is 0 Å². The predicted octanol–water partition coefficient (Wildman–Crippen LogP) is 5.02. The lowest BCUT2D eigenvalue weighted by molar-refractivity contribution is -0.143. The second-order valence-corrected chi connectivity index (χ2v) is 9.14. The molecule has 31 heavy (non-hydrogen) atoms. The molecule has 0 spiro atoms. The Labute approximate surface area is 192 Å². The van der Waals surface area contributed by atoms with Gasteiger partial charge in [0, 0.05) is 10.0 Å². The Morgan fingerprint density at radius 3 is 2.19 bits per heavy atom. The molecule has 7 nitrogen and oxygen atoms in total. The molecule has 1 aromatic heterocycles. The van der Waals surface area contributed by atoms with Gasteiger partial charge >= 0.3 is 6.18 Å². The maximum atomic E-state index is 13.7. The molecule has 1 amide bonds. The molecule has 0 saturated carbocycles. The summed E-state index contributed by atoms with van der Waals surface area (Å²) in [5.74, 6) is -1.69. The maximum Gasteiger partial charge on any atom is 0.435 e. The van der Waals surface area contributed by atoms with Crippen molar-refractivity contribution in [2.45, 2.75) is 11.1 Å². The highest BCUT2D eigenvalue weighted by atomic mass is 35.5. The summed E-state index contributed by atoms with van der Waals surface area (Å²) in [6.45, 7) is 0. The van der Waals surface area contributed by atoms with Gasteiger partial charge in [-0.15, -0.1) is 5.10 Å². The Balaban J connectivity index is 2.08. The summed E-state index contributed by atoms with van der Waals surface area (Å²) in [6.07, 6.45) is -5.16. The van der Waals surface area contributed by atoms with Crippen molar-refractivity contribution in [3.63, 3.8) is 0 Å². The molecule has 0 fully saturated rings. The van der Waals surface area contributed by atoms with Crippen LogP contribution in [0.3, 0.4) is 0 Å². The zero-order valence-electron chi connectivity index (χ0n) is 14.6. The van der Waals surface area contributed by atoms with Gasteiger partial charge in [-0.2, -0.15) is 13.2 Å². The molecule has 2 aromatic carbocycles. The zero-order valence-corrected chi connectivity index (χ0v) is 18.4. The molecule has 1 heterocycles. The number of halogens is 7. The molecular formula is C16H7Cl4F3N4O3S. The summed E-state index contributed by atoms with van der Waals surface area (Å²) in [7, 11) is -4.70. The number of aromatic nitrogens is 3. The van der Waals surface area contributed by atoms with E-state index in [0.717, 1.165) is 24.3 Å². The largest absolute Gasteiger partial charge is 0.435 e. The van der Waals surface area contributed by atoms with Crippen LogP contribution in [0.25, 0.3) is 5.69 Å². The van der Waals surface area contributed by atoms with Crippen LogP contribution in [0, 0.1) is 0 Å². The van der Waals surface area contributed by atoms with Crippen LogP contribution in [0.1, 0.15) is 16.2 Å². The Bertz CT molecular complexity index is 1300. The van der Waals surface area contributed by atoms with Crippen LogP contribution in [-0.4, -0.2) is 29.3 Å². The molecule has 0 aliphatic heterocycles. The molecule has 3 aromatic rings. The van der Waals surface area contributed by atoms with Crippen LogP contribution in [0.4, 0.5) is 13.2 Å². The molecule has 3 rings (SSSR count). The number of hydrogen-bond donors (Lipinski definition) is 1. The number of carbonyl (C=O) groups is 1. The van der Waals surface area contributed by atoms with Crippen LogP contribution in [0.5, 0.6) is 0 Å². The van der Waals surface area contributed by atoms with Crippen LogP contribution >= 0.6 is 46.4 Å². The Kier molecular flexibility index (Phi) is 6.45. The lowest BCUT2D eigenvalue weighted by Crippen LogP contribution is -2.33. The molecular weight excluding hydrogens is 527 g/mol. The third-order valence-corrected chi connectivity index (χ3v) is 6.29. The molecule has 0 saturated heterocycles. The van der Waals surface area contributed by atoms with Crippen LogP contribution in [0.15, 0.2) is 41.3 Å². The van der Waals surface area contributed by atoms with Crippen molar-refractivity contribution in [3.8, 4) is 5.69 Å².